The third-order valence-electron chi connectivity index (χ3n) is 1.18. The zero-order valence-electron chi connectivity index (χ0n) is 6.90. The maximum atomic E-state index is 12.3. The molecule has 0 bridgehead atoms. The van der Waals surface area contributed by atoms with Crippen molar-refractivity contribution < 1.29 is 18.7 Å². The van der Waals surface area contributed by atoms with Gasteiger partial charge < -0.3 is 5.11 Å². The highest BCUT2D eigenvalue weighted by Crippen LogP contribution is 2.22. The highest BCUT2D eigenvalue weighted by Gasteiger charge is 2.29. The number of hydrogen-bond acceptors (Lipinski definition) is 1. The Labute approximate surface area is 69.6 Å². The van der Waals surface area contributed by atoms with E-state index in [4.69, 9.17) is 5.11 Å². The van der Waals surface area contributed by atoms with E-state index in [9.17, 15) is 13.6 Å². The Morgan fingerprint density at radius 2 is 2.17 bits per heavy atom. The molecule has 0 heterocycles. The van der Waals surface area contributed by atoms with E-state index in [1.54, 1.807) is 0 Å². The van der Waals surface area contributed by atoms with Gasteiger partial charge in [0.05, 0.1) is 0 Å². The minimum absolute atomic E-state index is 0.681. The molecule has 0 aliphatic carbocycles. The quantitative estimate of drug-likeness (QED) is 0.665. The number of rotatable bonds is 3. The van der Waals surface area contributed by atoms with Crippen LogP contribution in [0.5, 0.6) is 0 Å². The lowest BCUT2D eigenvalue weighted by atomic mass is 10.0. The zero-order valence-corrected chi connectivity index (χ0v) is 6.90. The van der Waals surface area contributed by atoms with Gasteiger partial charge in [-0.1, -0.05) is 5.92 Å². The summed E-state index contributed by atoms with van der Waals surface area (Å²) in [7, 11) is 0. The van der Waals surface area contributed by atoms with Crippen LogP contribution < -0.4 is 0 Å². The summed E-state index contributed by atoms with van der Waals surface area (Å²) in [5.74, 6) is -1.03. The summed E-state index contributed by atoms with van der Waals surface area (Å²) in [5.41, 5.74) is 0. The fraction of sp³-hybridized carbons (Fsp3) is 0.625. The first-order valence-electron chi connectivity index (χ1n) is 3.39. The van der Waals surface area contributed by atoms with Gasteiger partial charge in [0.25, 0.3) is 0 Å². The first kappa shape index (κ1) is 10.9. The molecule has 0 aromatic rings. The van der Waals surface area contributed by atoms with E-state index in [0.717, 1.165) is 0 Å². The average Bonchev–Trinajstić information content (AvgIpc) is 1.83. The number of carboxylic acids is 1. The molecule has 0 saturated carbocycles. The molecule has 0 aliphatic heterocycles. The number of carboxylic acid groups (broad SMARTS) is 1. The standard InChI is InChI=1S/C8H10F2O2/c1-3-4-6(7(11)12)5-8(2,9)10/h6H,5H2,1-2H3,(H,11,12). The van der Waals surface area contributed by atoms with Crippen LogP contribution >= 0.6 is 0 Å². The van der Waals surface area contributed by atoms with Gasteiger partial charge in [0.2, 0.25) is 5.92 Å². The van der Waals surface area contributed by atoms with Gasteiger partial charge in [-0.15, -0.1) is 5.92 Å². The molecule has 0 aliphatic rings. The second-order valence-electron chi connectivity index (χ2n) is 2.56. The molecule has 0 saturated heterocycles. The molecule has 0 spiro atoms. The van der Waals surface area contributed by atoms with Crippen LogP contribution in [0.25, 0.3) is 0 Å². The summed E-state index contributed by atoms with van der Waals surface area (Å²) in [6.45, 7) is 2.10. The van der Waals surface area contributed by atoms with Crippen molar-refractivity contribution in [2.24, 2.45) is 5.92 Å². The number of hydrogen-bond donors (Lipinski definition) is 1. The van der Waals surface area contributed by atoms with Crippen LogP contribution in [0, 0.1) is 17.8 Å². The fourth-order valence-corrected chi connectivity index (χ4v) is 0.733. The van der Waals surface area contributed by atoms with E-state index in [2.05, 4.69) is 11.8 Å². The fourth-order valence-electron chi connectivity index (χ4n) is 0.733. The predicted molar refractivity (Wildman–Crippen MR) is 39.8 cm³/mol. The van der Waals surface area contributed by atoms with Gasteiger partial charge >= 0.3 is 5.97 Å². The molecule has 0 fully saturated rings. The van der Waals surface area contributed by atoms with E-state index in [-0.39, 0.29) is 0 Å². The van der Waals surface area contributed by atoms with Gasteiger partial charge in [-0.25, -0.2) is 8.78 Å². The van der Waals surface area contributed by atoms with Crippen LogP contribution in [-0.2, 0) is 4.79 Å². The lowest BCUT2D eigenvalue weighted by Gasteiger charge is -2.11. The molecule has 0 aromatic heterocycles. The van der Waals surface area contributed by atoms with E-state index in [1.165, 1.54) is 6.92 Å². The lowest BCUT2D eigenvalue weighted by Crippen LogP contribution is -2.21. The second kappa shape index (κ2) is 4.05. The highest BCUT2D eigenvalue weighted by molar-refractivity contribution is 5.73. The summed E-state index contributed by atoms with van der Waals surface area (Å²) >= 11 is 0. The summed E-state index contributed by atoms with van der Waals surface area (Å²) in [5, 5.41) is 8.43. The Balaban J connectivity index is 4.31. The smallest absolute Gasteiger partial charge is 0.318 e. The lowest BCUT2D eigenvalue weighted by molar-refractivity contribution is -0.142. The van der Waals surface area contributed by atoms with Crippen LogP contribution in [-0.4, -0.2) is 17.0 Å². The Kier molecular flexibility index (Phi) is 3.68. The van der Waals surface area contributed by atoms with Crippen molar-refractivity contribution in [3.8, 4) is 11.8 Å². The summed E-state index contributed by atoms with van der Waals surface area (Å²) in [6, 6.07) is 0. The number of halogens is 2. The first-order valence-corrected chi connectivity index (χ1v) is 3.39. The average molecular weight is 176 g/mol. The van der Waals surface area contributed by atoms with Gasteiger partial charge in [0.1, 0.15) is 5.92 Å². The Morgan fingerprint density at radius 1 is 1.67 bits per heavy atom. The molecule has 12 heavy (non-hydrogen) atoms. The van der Waals surface area contributed by atoms with Gasteiger partial charge in [-0.05, 0) is 13.8 Å². The van der Waals surface area contributed by atoms with Crippen LogP contribution in [0.2, 0.25) is 0 Å². The number of carbonyl (C=O) groups is 1. The minimum Gasteiger partial charge on any atom is -0.480 e. The number of alkyl halides is 2. The number of aliphatic carboxylic acids is 1. The molecule has 68 valence electrons. The Hall–Kier alpha value is -1.11. The minimum atomic E-state index is -2.98. The van der Waals surface area contributed by atoms with Gasteiger partial charge in [-0.2, -0.15) is 0 Å². The molecule has 1 N–H and O–H groups in total. The summed E-state index contributed by atoms with van der Waals surface area (Å²) in [4.78, 5) is 10.3. The highest BCUT2D eigenvalue weighted by atomic mass is 19.3. The molecular formula is C8H10F2O2. The molecule has 0 aromatic carbocycles. The van der Waals surface area contributed by atoms with Gasteiger partial charge in [0.15, 0.2) is 0 Å². The van der Waals surface area contributed by atoms with E-state index >= 15 is 0 Å². The van der Waals surface area contributed by atoms with Crippen molar-refractivity contribution in [1.82, 2.24) is 0 Å². The monoisotopic (exact) mass is 176 g/mol. The van der Waals surface area contributed by atoms with Gasteiger partial charge in [0, 0.05) is 6.42 Å². The van der Waals surface area contributed by atoms with E-state index in [1.807, 2.05) is 0 Å². The molecule has 2 nitrogen and oxygen atoms in total. The van der Waals surface area contributed by atoms with Crippen molar-refractivity contribution in [2.75, 3.05) is 0 Å². The second-order valence-corrected chi connectivity index (χ2v) is 2.56. The molecule has 0 amide bonds. The van der Waals surface area contributed by atoms with Crippen LogP contribution in [0.15, 0.2) is 0 Å². The maximum absolute atomic E-state index is 12.3. The molecule has 1 atom stereocenters. The Bertz CT molecular complexity index is 219. The topological polar surface area (TPSA) is 37.3 Å². The summed E-state index contributed by atoms with van der Waals surface area (Å²) in [6.07, 6.45) is -0.733. The van der Waals surface area contributed by atoms with Crippen LogP contribution in [0.3, 0.4) is 0 Å². The summed E-state index contributed by atoms with van der Waals surface area (Å²) < 4.78 is 24.6. The van der Waals surface area contributed by atoms with Crippen molar-refractivity contribution >= 4 is 5.97 Å². The predicted octanol–water partition coefficient (Wildman–Crippen LogP) is 1.76. The molecule has 0 rings (SSSR count). The van der Waals surface area contributed by atoms with Crippen molar-refractivity contribution in [2.45, 2.75) is 26.2 Å². The first-order chi connectivity index (χ1) is 5.37. The largest absolute Gasteiger partial charge is 0.480 e. The van der Waals surface area contributed by atoms with E-state index < -0.39 is 24.2 Å². The van der Waals surface area contributed by atoms with Crippen molar-refractivity contribution in [1.29, 1.82) is 0 Å². The molecule has 1 unspecified atom stereocenters. The third kappa shape index (κ3) is 4.67. The molecular weight excluding hydrogens is 166 g/mol. The Morgan fingerprint density at radius 3 is 2.42 bits per heavy atom. The van der Waals surface area contributed by atoms with Gasteiger partial charge in [-0.3, -0.25) is 4.79 Å². The zero-order chi connectivity index (χ0) is 9.78. The van der Waals surface area contributed by atoms with Crippen molar-refractivity contribution in [3.05, 3.63) is 0 Å². The van der Waals surface area contributed by atoms with Crippen LogP contribution in [0.4, 0.5) is 8.78 Å². The third-order valence-corrected chi connectivity index (χ3v) is 1.18. The van der Waals surface area contributed by atoms with E-state index in [0.29, 0.717) is 6.92 Å². The molecule has 4 heteroatoms. The van der Waals surface area contributed by atoms with Crippen LogP contribution in [0.1, 0.15) is 20.3 Å². The normalized spacial score (nSPS) is 13.0. The molecule has 0 radical (unpaired) electrons. The SMILES string of the molecule is CC#CC(CC(C)(F)F)C(=O)O. The maximum Gasteiger partial charge on any atom is 0.318 e. The van der Waals surface area contributed by atoms with Crippen molar-refractivity contribution in [3.63, 3.8) is 0 Å².